The van der Waals surface area contributed by atoms with Crippen molar-refractivity contribution in [1.29, 1.82) is 0 Å². The first kappa shape index (κ1) is 25.3. The van der Waals surface area contributed by atoms with Crippen LogP contribution in [-0.2, 0) is 12.8 Å². The van der Waals surface area contributed by atoms with E-state index in [9.17, 15) is 0 Å². The first-order chi connectivity index (χ1) is 21.8. The van der Waals surface area contributed by atoms with Crippen LogP contribution in [0.1, 0.15) is 35.1 Å². The van der Waals surface area contributed by atoms with Gasteiger partial charge in [0.15, 0.2) is 0 Å². The maximum absolute atomic E-state index is 2.41. The normalized spacial score (nSPS) is 13.8. The summed E-state index contributed by atoms with van der Waals surface area (Å²) in [5, 5.41) is 7.82. The second-order valence-corrected chi connectivity index (χ2v) is 12.3. The molecule has 0 atom stereocenters. The monoisotopic (exact) mass is 560 g/mol. The molecule has 208 valence electrons. The van der Waals surface area contributed by atoms with Gasteiger partial charge in [-0.1, -0.05) is 133 Å². The standard InChI is InChI=1S/C44H32/c1-3-15-35-29(11-1)13-9-21-37(35)33-25-23-32-28-34(26-24-31(32)27-33)43-39-17-5-7-19-41(39)44(42-20-8-6-18-40(42)43)38-22-10-14-30-12-2-4-16-36(30)38/h1,3-5,7-11,13-17,19-28H,2,6,12,18H2. The Balaban J connectivity index is 1.25. The summed E-state index contributed by atoms with van der Waals surface area (Å²) in [5.74, 6) is 0. The number of aryl methyl sites for hydroxylation is 1. The molecule has 7 aromatic carbocycles. The van der Waals surface area contributed by atoms with Gasteiger partial charge in [0.1, 0.15) is 0 Å². The molecule has 0 radical (unpaired) electrons. The lowest BCUT2D eigenvalue weighted by Crippen LogP contribution is -2.04. The van der Waals surface area contributed by atoms with E-state index in [2.05, 4.69) is 146 Å². The van der Waals surface area contributed by atoms with Crippen LogP contribution in [0.4, 0.5) is 0 Å². The third-order valence-corrected chi connectivity index (χ3v) is 9.77. The number of hydrogen-bond acceptors (Lipinski definition) is 0. The molecule has 0 saturated carbocycles. The summed E-state index contributed by atoms with van der Waals surface area (Å²) in [6.07, 6.45) is 13.8. The molecule has 0 spiro atoms. The van der Waals surface area contributed by atoms with E-state index >= 15 is 0 Å². The van der Waals surface area contributed by atoms with E-state index in [0.717, 1.165) is 25.7 Å². The Morgan fingerprint density at radius 2 is 1.05 bits per heavy atom. The van der Waals surface area contributed by atoms with Crippen molar-refractivity contribution in [2.45, 2.75) is 25.7 Å². The van der Waals surface area contributed by atoms with Crippen LogP contribution < -0.4 is 0 Å². The predicted molar refractivity (Wildman–Crippen MR) is 190 cm³/mol. The molecule has 0 fully saturated rings. The molecular formula is C44H32. The molecule has 44 heavy (non-hydrogen) atoms. The predicted octanol–water partition coefficient (Wildman–Crippen LogP) is 12.1. The maximum atomic E-state index is 2.41. The van der Waals surface area contributed by atoms with E-state index in [1.54, 1.807) is 0 Å². The van der Waals surface area contributed by atoms with Gasteiger partial charge in [0.2, 0.25) is 0 Å². The van der Waals surface area contributed by atoms with Crippen molar-refractivity contribution in [3.8, 4) is 33.4 Å². The zero-order valence-electron chi connectivity index (χ0n) is 24.7. The Morgan fingerprint density at radius 1 is 0.409 bits per heavy atom. The lowest BCUT2D eigenvalue weighted by atomic mass is 9.78. The molecule has 9 rings (SSSR count). The van der Waals surface area contributed by atoms with Crippen LogP contribution in [0.5, 0.6) is 0 Å². The summed E-state index contributed by atoms with van der Waals surface area (Å²) in [5.41, 5.74) is 13.7. The maximum Gasteiger partial charge on any atom is -0.00236 e. The highest BCUT2D eigenvalue weighted by atomic mass is 14.3. The zero-order valence-corrected chi connectivity index (χ0v) is 24.7. The Morgan fingerprint density at radius 3 is 1.91 bits per heavy atom. The number of allylic oxidation sites excluding steroid dienone is 2. The van der Waals surface area contributed by atoms with Crippen molar-refractivity contribution in [2.24, 2.45) is 0 Å². The molecule has 0 heterocycles. The molecule has 0 N–H and O–H groups in total. The smallest absolute Gasteiger partial charge is 0.00236 e. The van der Waals surface area contributed by atoms with Crippen LogP contribution in [0, 0.1) is 0 Å². The molecule has 0 unspecified atom stereocenters. The second kappa shape index (κ2) is 10.2. The fraction of sp³-hybridized carbons (Fsp3) is 0.0909. The lowest BCUT2D eigenvalue weighted by molar-refractivity contribution is 0.984. The summed E-state index contributed by atoms with van der Waals surface area (Å²) in [4.78, 5) is 0. The fourth-order valence-corrected chi connectivity index (χ4v) is 7.74. The molecule has 2 aliphatic carbocycles. The van der Waals surface area contributed by atoms with Crippen LogP contribution in [0.25, 0.3) is 77.9 Å². The third-order valence-electron chi connectivity index (χ3n) is 9.77. The van der Waals surface area contributed by atoms with Crippen molar-refractivity contribution in [2.75, 3.05) is 0 Å². The fourth-order valence-electron chi connectivity index (χ4n) is 7.74. The summed E-state index contributed by atoms with van der Waals surface area (Å²) >= 11 is 0. The molecule has 0 amide bonds. The lowest BCUT2D eigenvalue weighted by Gasteiger charge is -2.25. The average molecular weight is 561 g/mol. The first-order valence-corrected chi connectivity index (χ1v) is 15.9. The number of benzene rings is 7. The van der Waals surface area contributed by atoms with Crippen LogP contribution in [-0.4, -0.2) is 0 Å². The van der Waals surface area contributed by atoms with E-state index < -0.39 is 0 Å². The minimum absolute atomic E-state index is 1.06. The van der Waals surface area contributed by atoms with E-state index in [-0.39, 0.29) is 0 Å². The Hall–Kier alpha value is -5.20. The van der Waals surface area contributed by atoms with Crippen molar-refractivity contribution in [1.82, 2.24) is 0 Å². The third kappa shape index (κ3) is 3.98. The number of rotatable bonds is 3. The van der Waals surface area contributed by atoms with Gasteiger partial charge >= 0.3 is 0 Å². The van der Waals surface area contributed by atoms with Crippen molar-refractivity contribution in [3.05, 3.63) is 156 Å². The van der Waals surface area contributed by atoms with Gasteiger partial charge in [-0.25, -0.2) is 0 Å². The molecule has 0 aliphatic heterocycles. The van der Waals surface area contributed by atoms with Crippen molar-refractivity contribution < 1.29 is 0 Å². The molecule has 0 aromatic heterocycles. The minimum atomic E-state index is 1.06. The van der Waals surface area contributed by atoms with Crippen LogP contribution in [0.15, 0.2) is 133 Å². The molecule has 0 heteroatoms. The summed E-state index contributed by atoms with van der Waals surface area (Å²) in [6.45, 7) is 0. The van der Waals surface area contributed by atoms with Crippen LogP contribution in [0.2, 0.25) is 0 Å². The number of fused-ring (bicyclic) bond motifs is 5. The van der Waals surface area contributed by atoms with Gasteiger partial charge in [-0.05, 0) is 126 Å². The van der Waals surface area contributed by atoms with Crippen LogP contribution in [0.3, 0.4) is 0 Å². The molecule has 7 aromatic rings. The van der Waals surface area contributed by atoms with E-state index in [1.165, 1.54) is 88.0 Å². The quantitative estimate of drug-likeness (QED) is 0.202. The first-order valence-electron chi connectivity index (χ1n) is 15.9. The van der Waals surface area contributed by atoms with E-state index in [0.29, 0.717) is 0 Å². The summed E-state index contributed by atoms with van der Waals surface area (Å²) in [7, 11) is 0. The van der Waals surface area contributed by atoms with Gasteiger partial charge in [0.05, 0.1) is 0 Å². The van der Waals surface area contributed by atoms with Gasteiger partial charge < -0.3 is 0 Å². The Kier molecular flexibility index (Phi) is 5.87. The van der Waals surface area contributed by atoms with Gasteiger partial charge in [-0.3, -0.25) is 0 Å². The van der Waals surface area contributed by atoms with E-state index in [4.69, 9.17) is 0 Å². The Labute approximate surface area is 258 Å². The highest BCUT2D eigenvalue weighted by Crippen LogP contribution is 2.46. The SMILES string of the molecule is C1=Cc2c(cccc2-c2c3c(c(-c4ccc5cc(-c6cccc7ccccc67)ccc5c4)c4ccccc24)CCC=C3)CC1. The van der Waals surface area contributed by atoms with Gasteiger partial charge in [-0.15, -0.1) is 0 Å². The van der Waals surface area contributed by atoms with Gasteiger partial charge in [0, 0.05) is 0 Å². The van der Waals surface area contributed by atoms with Crippen molar-refractivity contribution in [3.63, 3.8) is 0 Å². The van der Waals surface area contributed by atoms with E-state index in [1.807, 2.05) is 0 Å². The van der Waals surface area contributed by atoms with Crippen LogP contribution >= 0.6 is 0 Å². The van der Waals surface area contributed by atoms with Crippen molar-refractivity contribution >= 4 is 44.5 Å². The number of hydrogen-bond donors (Lipinski definition) is 0. The average Bonchev–Trinajstić information content (AvgIpc) is 3.09. The molecule has 0 saturated heterocycles. The summed E-state index contributed by atoms with van der Waals surface area (Å²) in [6, 6.07) is 45.3. The molecule has 0 nitrogen and oxygen atoms in total. The van der Waals surface area contributed by atoms with Gasteiger partial charge in [0.25, 0.3) is 0 Å². The topological polar surface area (TPSA) is 0 Å². The molecule has 0 bridgehead atoms. The zero-order chi connectivity index (χ0) is 29.0. The highest BCUT2D eigenvalue weighted by molar-refractivity contribution is 6.12. The highest BCUT2D eigenvalue weighted by Gasteiger charge is 2.23. The molecular weight excluding hydrogens is 528 g/mol. The largest absolute Gasteiger partial charge is 0.0836 e. The summed E-state index contributed by atoms with van der Waals surface area (Å²) < 4.78 is 0. The Bertz CT molecular complexity index is 2320. The second-order valence-electron chi connectivity index (χ2n) is 12.3. The minimum Gasteiger partial charge on any atom is -0.0836 e. The van der Waals surface area contributed by atoms with Gasteiger partial charge in [-0.2, -0.15) is 0 Å². The molecule has 2 aliphatic rings.